The van der Waals surface area contributed by atoms with Gasteiger partial charge in [-0.1, -0.05) is 12.1 Å². The molecule has 0 radical (unpaired) electrons. The van der Waals surface area contributed by atoms with Crippen molar-refractivity contribution in [3.63, 3.8) is 0 Å². The Morgan fingerprint density at radius 3 is 2.12 bits per heavy atom. The molecule has 4 nitrogen and oxygen atoms in total. The minimum absolute atomic E-state index is 0.106. The first-order chi connectivity index (χ1) is 11.7. The lowest BCUT2D eigenvalue weighted by Crippen LogP contribution is -2.11. The summed E-state index contributed by atoms with van der Waals surface area (Å²) >= 11 is 3.40. The van der Waals surface area contributed by atoms with Crippen molar-refractivity contribution in [2.24, 2.45) is 0 Å². The van der Waals surface area contributed by atoms with Gasteiger partial charge in [0.25, 0.3) is 0 Å². The molecule has 2 unspecified atom stereocenters. The van der Waals surface area contributed by atoms with Crippen molar-refractivity contribution in [2.45, 2.75) is 25.9 Å². The predicted octanol–water partition coefficient (Wildman–Crippen LogP) is 5.42. The summed E-state index contributed by atoms with van der Waals surface area (Å²) in [5.74, 6) is 1.37. The molecule has 3 heterocycles. The lowest BCUT2D eigenvalue weighted by Gasteiger charge is -2.17. The van der Waals surface area contributed by atoms with Gasteiger partial charge < -0.3 is 10.6 Å². The highest BCUT2D eigenvalue weighted by Crippen LogP contribution is 2.27. The van der Waals surface area contributed by atoms with Crippen molar-refractivity contribution in [3.8, 4) is 6.07 Å². The van der Waals surface area contributed by atoms with Crippen LogP contribution in [0.3, 0.4) is 0 Å². The summed E-state index contributed by atoms with van der Waals surface area (Å²) < 4.78 is 0. The van der Waals surface area contributed by atoms with E-state index in [4.69, 9.17) is 0 Å². The van der Waals surface area contributed by atoms with Gasteiger partial charge in [0.15, 0.2) is 0 Å². The zero-order chi connectivity index (χ0) is 16.9. The van der Waals surface area contributed by atoms with Crippen LogP contribution in [0.25, 0.3) is 0 Å². The van der Waals surface area contributed by atoms with Crippen LogP contribution in [0.5, 0.6) is 0 Å². The SMILES string of the molecule is CC(Nc1ccc(C#N)c(NC(C)c2cccs2)n1)c1cccs1. The number of hydrogen-bond acceptors (Lipinski definition) is 6. The molecular weight excluding hydrogens is 336 g/mol. The molecule has 122 valence electrons. The highest BCUT2D eigenvalue weighted by atomic mass is 32.1. The number of nitrogens with zero attached hydrogens (tertiary/aromatic N) is 2. The van der Waals surface area contributed by atoms with E-state index in [-0.39, 0.29) is 12.1 Å². The van der Waals surface area contributed by atoms with Gasteiger partial charge in [-0.05, 0) is 48.9 Å². The molecule has 2 atom stereocenters. The monoisotopic (exact) mass is 354 g/mol. The summed E-state index contributed by atoms with van der Waals surface area (Å²) in [4.78, 5) is 7.07. The Morgan fingerprint density at radius 2 is 1.58 bits per heavy atom. The average Bonchev–Trinajstić information content (AvgIpc) is 3.28. The third-order valence-corrected chi connectivity index (χ3v) is 5.78. The van der Waals surface area contributed by atoms with Crippen molar-refractivity contribution >= 4 is 34.3 Å². The van der Waals surface area contributed by atoms with E-state index < -0.39 is 0 Å². The van der Waals surface area contributed by atoms with E-state index in [1.165, 1.54) is 9.75 Å². The van der Waals surface area contributed by atoms with E-state index in [9.17, 15) is 5.26 Å². The molecule has 2 N–H and O–H groups in total. The number of anilines is 2. The average molecular weight is 355 g/mol. The molecule has 3 rings (SSSR count). The van der Waals surface area contributed by atoms with Crippen LogP contribution in [0.15, 0.2) is 47.2 Å². The lowest BCUT2D eigenvalue weighted by atomic mass is 10.2. The fourth-order valence-corrected chi connectivity index (χ4v) is 3.85. The molecule has 3 aromatic rings. The van der Waals surface area contributed by atoms with E-state index in [0.29, 0.717) is 11.4 Å². The molecule has 0 aliphatic heterocycles. The van der Waals surface area contributed by atoms with E-state index in [1.54, 1.807) is 28.7 Å². The number of hydrogen-bond donors (Lipinski definition) is 2. The second-order valence-corrected chi connectivity index (χ2v) is 7.43. The van der Waals surface area contributed by atoms with Crippen LogP contribution in [0.2, 0.25) is 0 Å². The first kappa shape index (κ1) is 16.5. The van der Waals surface area contributed by atoms with Crippen LogP contribution < -0.4 is 10.6 Å². The number of thiophene rings is 2. The van der Waals surface area contributed by atoms with Crippen molar-refractivity contribution in [2.75, 3.05) is 10.6 Å². The van der Waals surface area contributed by atoms with Crippen LogP contribution in [0.1, 0.15) is 41.2 Å². The molecule has 0 aromatic carbocycles. The molecule has 0 amide bonds. The fraction of sp³-hybridized carbons (Fsp3) is 0.222. The van der Waals surface area contributed by atoms with Gasteiger partial charge in [0.05, 0.1) is 17.6 Å². The van der Waals surface area contributed by atoms with Crippen LogP contribution >= 0.6 is 22.7 Å². The largest absolute Gasteiger partial charge is 0.363 e. The second-order valence-electron chi connectivity index (χ2n) is 5.47. The summed E-state index contributed by atoms with van der Waals surface area (Å²) in [6, 6.07) is 14.4. The van der Waals surface area contributed by atoms with Crippen LogP contribution in [-0.2, 0) is 0 Å². The molecule has 0 bridgehead atoms. The molecule has 0 saturated heterocycles. The lowest BCUT2D eigenvalue weighted by molar-refractivity contribution is 0.879. The Morgan fingerprint density at radius 1 is 0.958 bits per heavy atom. The van der Waals surface area contributed by atoms with Crippen molar-refractivity contribution in [1.82, 2.24) is 4.98 Å². The van der Waals surface area contributed by atoms with Gasteiger partial charge in [0, 0.05) is 9.75 Å². The minimum Gasteiger partial charge on any atom is -0.363 e. The fourth-order valence-electron chi connectivity index (χ4n) is 2.38. The molecule has 0 fully saturated rings. The smallest absolute Gasteiger partial charge is 0.146 e. The quantitative estimate of drug-likeness (QED) is 0.620. The zero-order valence-corrected chi connectivity index (χ0v) is 15.1. The molecular formula is C18H18N4S2. The zero-order valence-electron chi connectivity index (χ0n) is 13.5. The summed E-state index contributed by atoms with van der Waals surface area (Å²) in [5.41, 5.74) is 0.549. The van der Waals surface area contributed by atoms with Crippen molar-refractivity contribution in [3.05, 3.63) is 62.5 Å². The molecule has 3 aromatic heterocycles. The van der Waals surface area contributed by atoms with E-state index >= 15 is 0 Å². The molecule has 0 aliphatic rings. The molecule has 0 aliphatic carbocycles. The Kier molecular flexibility index (Phi) is 5.14. The van der Waals surface area contributed by atoms with Gasteiger partial charge in [0.2, 0.25) is 0 Å². The standard InChI is InChI=1S/C18H18N4S2/c1-12(15-5-3-9-23-15)20-17-8-7-14(11-19)18(22-17)21-13(2)16-6-4-10-24-16/h3-10,12-13H,1-2H3,(H2,20,21,22). The minimum atomic E-state index is 0.106. The number of nitriles is 1. The summed E-state index contributed by atoms with van der Waals surface area (Å²) in [7, 11) is 0. The first-order valence-corrected chi connectivity index (χ1v) is 9.44. The molecule has 0 saturated carbocycles. The third kappa shape index (κ3) is 3.75. The summed E-state index contributed by atoms with van der Waals surface area (Å²) in [6.45, 7) is 4.18. The van der Waals surface area contributed by atoms with E-state index in [0.717, 1.165) is 5.82 Å². The molecule has 6 heteroatoms. The highest BCUT2D eigenvalue weighted by molar-refractivity contribution is 7.10. The maximum atomic E-state index is 9.34. The van der Waals surface area contributed by atoms with Gasteiger partial charge >= 0.3 is 0 Å². The van der Waals surface area contributed by atoms with Gasteiger partial charge in [0.1, 0.15) is 17.7 Å². The normalized spacial score (nSPS) is 13.0. The van der Waals surface area contributed by atoms with E-state index in [1.807, 2.05) is 23.6 Å². The Balaban J connectivity index is 1.79. The van der Waals surface area contributed by atoms with Gasteiger partial charge in [-0.2, -0.15) is 5.26 Å². The van der Waals surface area contributed by atoms with Crippen LogP contribution in [-0.4, -0.2) is 4.98 Å². The summed E-state index contributed by atoms with van der Waals surface area (Å²) in [5, 5.41) is 20.2. The maximum Gasteiger partial charge on any atom is 0.146 e. The number of pyridine rings is 1. The Bertz CT molecular complexity index is 819. The second kappa shape index (κ2) is 7.47. The van der Waals surface area contributed by atoms with Gasteiger partial charge in [-0.15, -0.1) is 22.7 Å². The third-order valence-electron chi connectivity index (χ3n) is 3.67. The number of rotatable bonds is 6. The Labute approximate surface area is 149 Å². The summed E-state index contributed by atoms with van der Waals surface area (Å²) in [6.07, 6.45) is 0. The van der Waals surface area contributed by atoms with Crippen molar-refractivity contribution < 1.29 is 0 Å². The van der Waals surface area contributed by atoms with Crippen LogP contribution in [0, 0.1) is 11.3 Å². The Hall–Kier alpha value is -2.36. The van der Waals surface area contributed by atoms with Crippen LogP contribution in [0.4, 0.5) is 11.6 Å². The van der Waals surface area contributed by atoms with Crippen molar-refractivity contribution in [1.29, 1.82) is 5.26 Å². The van der Waals surface area contributed by atoms with E-state index in [2.05, 4.69) is 53.0 Å². The van der Waals surface area contributed by atoms with Gasteiger partial charge in [-0.3, -0.25) is 0 Å². The predicted molar refractivity (Wildman–Crippen MR) is 102 cm³/mol. The maximum absolute atomic E-state index is 9.34. The number of aromatic nitrogens is 1. The topological polar surface area (TPSA) is 60.7 Å². The number of nitrogens with one attached hydrogen (secondary N) is 2. The molecule has 0 spiro atoms. The molecule has 24 heavy (non-hydrogen) atoms. The van der Waals surface area contributed by atoms with Gasteiger partial charge in [-0.25, -0.2) is 4.98 Å². The highest BCUT2D eigenvalue weighted by Gasteiger charge is 2.13. The first-order valence-electron chi connectivity index (χ1n) is 7.68.